The molecule has 21 heavy (non-hydrogen) atoms. The maximum absolute atomic E-state index is 8.73. The highest BCUT2D eigenvalue weighted by Crippen LogP contribution is 2.24. The van der Waals surface area contributed by atoms with Crippen LogP contribution in [0.25, 0.3) is 0 Å². The number of benzene rings is 2. The lowest BCUT2D eigenvalue weighted by Crippen LogP contribution is -2.00. The third kappa shape index (κ3) is 5.12. The van der Waals surface area contributed by atoms with Crippen molar-refractivity contribution in [3.8, 4) is 11.5 Å². The van der Waals surface area contributed by atoms with Gasteiger partial charge in [0, 0.05) is 34.7 Å². The molecule has 0 atom stereocenters. The van der Waals surface area contributed by atoms with Crippen LogP contribution < -0.4 is 9.47 Å². The molecule has 0 spiro atoms. The minimum absolute atomic E-state index is 0.116. The van der Waals surface area contributed by atoms with E-state index in [-0.39, 0.29) is 6.61 Å². The molecule has 0 radical (unpaired) electrons. The predicted molar refractivity (Wildman–Crippen MR) is 84.4 cm³/mol. The van der Waals surface area contributed by atoms with Crippen molar-refractivity contribution in [3.05, 3.63) is 58.1 Å². The van der Waals surface area contributed by atoms with Crippen molar-refractivity contribution in [2.24, 2.45) is 0 Å². The molecular formula is C16H16Cl2O3. The molecule has 2 rings (SSSR count). The summed E-state index contributed by atoms with van der Waals surface area (Å²) in [6, 6.07) is 12.7. The Balaban J connectivity index is 1.95. The van der Waals surface area contributed by atoms with Crippen molar-refractivity contribution in [3.63, 3.8) is 0 Å². The molecule has 0 unspecified atom stereocenters. The Hall–Kier alpha value is -1.42. The molecule has 0 aliphatic carbocycles. The van der Waals surface area contributed by atoms with Gasteiger partial charge in [-0.2, -0.15) is 0 Å². The molecule has 0 bridgehead atoms. The van der Waals surface area contributed by atoms with Crippen molar-refractivity contribution in [1.29, 1.82) is 0 Å². The standard InChI is InChI=1S/C16H16Cl2O3/c17-13-6-5-12(16(18)9-13)11-21-15-4-1-3-14(10-15)20-8-2-7-19/h1,3-6,9-10,19H,2,7-8,11H2. The lowest BCUT2D eigenvalue weighted by Gasteiger charge is -2.10. The minimum atomic E-state index is 0.116. The van der Waals surface area contributed by atoms with Gasteiger partial charge in [0.2, 0.25) is 0 Å². The first-order valence-corrected chi connectivity index (χ1v) is 7.35. The van der Waals surface area contributed by atoms with E-state index in [2.05, 4.69) is 0 Å². The van der Waals surface area contributed by atoms with Gasteiger partial charge in [-0.15, -0.1) is 0 Å². The van der Waals surface area contributed by atoms with E-state index in [1.165, 1.54) is 0 Å². The zero-order valence-electron chi connectivity index (χ0n) is 11.4. The second-order valence-electron chi connectivity index (χ2n) is 4.42. The predicted octanol–water partition coefficient (Wildman–Crippen LogP) is 4.33. The van der Waals surface area contributed by atoms with Gasteiger partial charge in [-0.3, -0.25) is 0 Å². The Morgan fingerprint density at radius 2 is 1.71 bits per heavy atom. The maximum atomic E-state index is 8.73. The number of hydrogen-bond acceptors (Lipinski definition) is 3. The molecule has 0 aliphatic rings. The van der Waals surface area contributed by atoms with Gasteiger partial charge in [0.05, 0.1) is 6.61 Å². The van der Waals surface area contributed by atoms with E-state index in [4.69, 9.17) is 37.8 Å². The third-order valence-electron chi connectivity index (χ3n) is 2.79. The van der Waals surface area contributed by atoms with Crippen molar-refractivity contribution < 1.29 is 14.6 Å². The van der Waals surface area contributed by atoms with Crippen LogP contribution in [0.4, 0.5) is 0 Å². The van der Waals surface area contributed by atoms with E-state index in [0.717, 1.165) is 5.56 Å². The number of hydrogen-bond donors (Lipinski definition) is 1. The fourth-order valence-electron chi connectivity index (χ4n) is 1.71. The summed E-state index contributed by atoms with van der Waals surface area (Å²) in [5.74, 6) is 1.41. The smallest absolute Gasteiger partial charge is 0.123 e. The van der Waals surface area contributed by atoms with Gasteiger partial charge in [-0.05, 0) is 24.3 Å². The van der Waals surface area contributed by atoms with Gasteiger partial charge in [-0.1, -0.05) is 35.3 Å². The van der Waals surface area contributed by atoms with E-state index in [9.17, 15) is 0 Å². The lowest BCUT2D eigenvalue weighted by molar-refractivity contribution is 0.232. The number of aliphatic hydroxyl groups excluding tert-OH is 1. The van der Waals surface area contributed by atoms with E-state index in [1.807, 2.05) is 24.3 Å². The van der Waals surface area contributed by atoms with Gasteiger partial charge in [0.25, 0.3) is 0 Å². The van der Waals surface area contributed by atoms with Gasteiger partial charge >= 0.3 is 0 Å². The summed E-state index contributed by atoms with van der Waals surface area (Å²) in [6.45, 7) is 0.949. The molecule has 1 N–H and O–H groups in total. The van der Waals surface area contributed by atoms with E-state index >= 15 is 0 Å². The van der Waals surface area contributed by atoms with Crippen LogP contribution in [0.3, 0.4) is 0 Å². The summed E-state index contributed by atoms with van der Waals surface area (Å²) in [5.41, 5.74) is 0.868. The largest absolute Gasteiger partial charge is 0.493 e. The van der Waals surface area contributed by atoms with Gasteiger partial charge in [0.15, 0.2) is 0 Å². The van der Waals surface area contributed by atoms with E-state index < -0.39 is 0 Å². The molecule has 3 nitrogen and oxygen atoms in total. The Bertz CT molecular complexity index is 587. The Morgan fingerprint density at radius 1 is 0.952 bits per heavy atom. The van der Waals surface area contributed by atoms with E-state index in [0.29, 0.717) is 41.2 Å². The summed E-state index contributed by atoms with van der Waals surface area (Å²) in [4.78, 5) is 0. The topological polar surface area (TPSA) is 38.7 Å². The van der Waals surface area contributed by atoms with Gasteiger partial charge in [-0.25, -0.2) is 0 Å². The van der Waals surface area contributed by atoms with Crippen LogP contribution in [0.1, 0.15) is 12.0 Å². The summed E-state index contributed by atoms with van der Waals surface area (Å²) in [6.07, 6.45) is 0.603. The second kappa shape index (κ2) is 8.13. The molecule has 0 heterocycles. The van der Waals surface area contributed by atoms with Crippen LogP contribution in [0.5, 0.6) is 11.5 Å². The van der Waals surface area contributed by atoms with Crippen LogP contribution in [0.15, 0.2) is 42.5 Å². The zero-order chi connectivity index (χ0) is 15.1. The SMILES string of the molecule is OCCCOc1cccc(OCc2ccc(Cl)cc2Cl)c1. The van der Waals surface area contributed by atoms with Crippen LogP contribution in [-0.2, 0) is 6.61 Å². The molecule has 0 saturated heterocycles. The molecule has 2 aromatic carbocycles. The fraction of sp³-hybridized carbons (Fsp3) is 0.250. The highest BCUT2D eigenvalue weighted by atomic mass is 35.5. The second-order valence-corrected chi connectivity index (χ2v) is 5.27. The normalized spacial score (nSPS) is 10.4. The van der Waals surface area contributed by atoms with Crippen molar-refractivity contribution >= 4 is 23.2 Å². The minimum Gasteiger partial charge on any atom is -0.493 e. The van der Waals surface area contributed by atoms with Gasteiger partial charge in [0.1, 0.15) is 18.1 Å². The summed E-state index contributed by atoms with van der Waals surface area (Å²) < 4.78 is 11.2. The molecule has 5 heteroatoms. The monoisotopic (exact) mass is 326 g/mol. The van der Waals surface area contributed by atoms with Crippen molar-refractivity contribution in [2.75, 3.05) is 13.2 Å². The Morgan fingerprint density at radius 3 is 2.43 bits per heavy atom. The van der Waals surface area contributed by atoms with Crippen LogP contribution in [0, 0.1) is 0 Å². The van der Waals surface area contributed by atoms with Crippen molar-refractivity contribution in [2.45, 2.75) is 13.0 Å². The highest BCUT2D eigenvalue weighted by molar-refractivity contribution is 6.35. The van der Waals surface area contributed by atoms with Crippen molar-refractivity contribution in [1.82, 2.24) is 0 Å². The van der Waals surface area contributed by atoms with Crippen LogP contribution in [0.2, 0.25) is 10.0 Å². The molecule has 112 valence electrons. The molecular weight excluding hydrogens is 311 g/mol. The first-order valence-electron chi connectivity index (χ1n) is 6.59. The summed E-state index contributed by atoms with van der Waals surface area (Å²) >= 11 is 12.0. The van der Waals surface area contributed by atoms with E-state index in [1.54, 1.807) is 18.2 Å². The molecule has 0 aromatic heterocycles. The first kappa shape index (κ1) is 16.0. The number of aliphatic hydroxyl groups is 1. The van der Waals surface area contributed by atoms with Crippen LogP contribution >= 0.6 is 23.2 Å². The lowest BCUT2D eigenvalue weighted by atomic mass is 10.2. The molecule has 0 fully saturated rings. The average molecular weight is 327 g/mol. The number of rotatable bonds is 7. The first-order chi connectivity index (χ1) is 10.2. The third-order valence-corrected chi connectivity index (χ3v) is 3.37. The summed E-state index contributed by atoms with van der Waals surface area (Å²) in [7, 11) is 0. The highest BCUT2D eigenvalue weighted by Gasteiger charge is 2.03. The molecule has 0 amide bonds. The molecule has 0 aliphatic heterocycles. The zero-order valence-corrected chi connectivity index (χ0v) is 12.9. The molecule has 0 saturated carbocycles. The Kier molecular flexibility index (Phi) is 6.18. The number of ether oxygens (including phenoxy) is 2. The number of halogens is 2. The molecule has 2 aromatic rings. The summed E-state index contributed by atoms with van der Waals surface area (Å²) in [5, 5.41) is 9.91. The fourth-order valence-corrected chi connectivity index (χ4v) is 2.17. The average Bonchev–Trinajstić information content (AvgIpc) is 2.47. The Labute approximate surface area is 134 Å². The van der Waals surface area contributed by atoms with Gasteiger partial charge < -0.3 is 14.6 Å². The quantitative estimate of drug-likeness (QED) is 0.769. The van der Waals surface area contributed by atoms with Crippen LogP contribution in [-0.4, -0.2) is 18.3 Å². The maximum Gasteiger partial charge on any atom is 0.123 e.